The molecule has 1 atom stereocenters. The third-order valence-corrected chi connectivity index (χ3v) is 3.32. The summed E-state index contributed by atoms with van der Waals surface area (Å²) < 4.78 is 6.68. The number of methoxy groups -OCH3 is 1. The summed E-state index contributed by atoms with van der Waals surface area (Å²) in [5.74, 6) is 1.44. The predicted molar refractivity (Wildman–Crippen MR) is 76.1 cm³/mol. The number of aryl methyl sites for hydroxylation is 1. The summed E-state index contributed by atoms with van der Waals surface area (Å²) in [6.45, 7) is 8.52. The number of rotatable bonds is 6. The van der Waals surface area contributed by atoms with E-state index < -0.39 is 5.97 Å². The van der Waals surface area contributed by atoms with Gasteiger partial charge in [-0.1, -0.05) is 20.8 Å². The van der Waals surface area contributed by atoms with E-state index in [1.165, 1.54) is 7.11 Å². The average Bonchev–Trinajstić information content (AvgIpc) is 2.72. The first kappa shape index (κ1) is 15.5. The molecule has 5 heteroatoms. The van der Waals surface area contributed by atoms with Crippen LogP contribution in [-0.4, -0.2) is 22.6 Å². The van der Waals surface area contributed by atoms with Crippen molar-refractivity contribution in [3.05, 3.63) is 11.5 Å². The summed E-state index contributed by atoms with van der Waals surface area (Å²) in [6, 6.07) is 0.239. The van der Waals surface area contributed by atoms with Gasteiger partial charge in [-0.25, -0.2) is 9.78 Å². The lowest BCUT2D eigenvalue weighted by Crippen LogP contribution is -2.13. The van der Waals surface area contributed by atoms with Crippen LogP contribution in [0.15, 0.2) is 0 Å². The topological polar surface area (TPSA) is 70.1 Å². The molecule has 0 aliphatic carbocycles. The fourth-order valence-corrected chi connectivity index (χ4v) is 2.19. The molecule has 0 radical (unpaired) electrons. The van der Waals surface area contributed by atoms with E-state index in [9.17, 15) is 4.79 Å². The van der Waals surface area contributed by atoms with Gasteiger partial charge in [0.1, 0.15) is 11.6 Å². The predicted octanol–water partition coefficient (Wildman–Crippen LogP) is 2.81. The van der Waals surface area contributed by atoms with E-state index in [1.54, 1.807) is 0 Å². The second-order valence-electron chi connectivity index (χ2n) is 5.30. The first-order valence-electron chi connectivity index (χ1n) is 6.87. The van der Waals surface area contributed by atoms with Crippen LogP contribution >= 0.6 is 0 Å². The molecule has 108 valence electrons. The molecule has 1 aromatic heterocycles. The lowest BCUT2D eigenvalue weighted by molar-refractivity contribution is 0.0595. The Morgan fingerprint density at radius 2 is 2.00 bits per heavy atom. The van der Waals surface area contributed by atoms with Crippen molar-refractivity contribution in [2.45, 2.75) is 53.0 Å². The minimum Gasteiger partial charge on any atom is -0.464 e. The Balaban J connectivity index is 3.04. The number of nitrogens with two attached hydrogens (primary N) is 1. The van der Waals surface area contributed by atoms with Gasteiger partial charge in [0, 0.05) is 12.5 Å². The molecular weight excluding hydrogens is 242 g/mol. The maximum absolute atomic E-state index is 11.6. The van der Waals surface area contributed by atoms with Gasteiger partial charge >= 0.3 is 5.97 Å². The van der Waals surface area contributed by atoms with E-state index in [-0.39, 0.29) is 11.7 Å². The van der Waals surface area contributed by atoms with Crippen molar-refractivity contribution in [1.82, 2.24) is 9.55 Å². The van der Waals surface area contributed by atoms with Crippen molar-refractivity contribution in [1.29, 1.82) is 0 Å². The normalized spacial score (nSPS) is 12.7. The molecule has 0 spiro atoms. The highest BCUT2D eigenvalue weighted by molar-refractivity contribution is 5.92. The molecule has 5 nitrogen and oxygen atoms in total. The van der Waals surface area contributed by atoms with Crippen molar-refractivity contribution in [2.75, 3.05) is 12.8 Å². The maximum atomic E-state index is 11.6. The first-order chi connectivity index (χ1) is 8.92. The molecule has 1 rings (SSSR count). The molecule has 0 bridgehead atoms. The summed E-state index contributed by atoms with van der Waals surface area (Å²) in [4.78, 5) is 15.9. The number of nitrogen functional groups attached to an aromatic ring is 1. The summed E-state index contributed by atoms with van der Waals surface area (Å²) in [5, 5.41) is 0. The van der Waals surface area contributed by atoms with E-state index in [2.05, 4.69) is 25.8 Å². The number of nitrogens with zero attached hydrogens (tertiary/aromatic N) is 2. The number of anilines is 1. The Morgan fingerprint density at radius 1 is 1.37 bits per heavy atom. The number of esters is 1. The van der Waals surface area contributed by atoms with Gasteiger partial charge in [0.15, 0.2) is 5.69 Å². The van der Waals surface area contributed by atoms with Gasteiger partial charge in [0.2, 0.25) is 0 Å². The minimum atomic E-state index is -0.470. The lowest BCUT2D eigenvalue weighted by atomic mass is 10.0. The lowest BCUT2D eigenvalue weighted by Gasteiger charge is -2.18. The van der Waals surface area contributed by atoms with E-state index in [0.717, 1.165) is 25.1 Å². The first-order valence-corrected chi connectivity index (χ1v) is 6.87. The van der Waals surface area contributed by atoms with Crippen LogP contribution in [0, 0.1) is 5.92 Å². The van der Waals surface area contributed by atoms with Gasteiger partial charge in [0.25, 0.3) is 0 Å². The number of carbonyl (C=O) groups is 1. The third-order valence-electron chi connectivity index (χ3n) is 3.32. The van der Waals surface area contributed by atoms with Gasteiger partial charge in [-0.15, -0.1) is 0 Å². The fourth-order valence-electron chi connectivity index (χ4n) is 2.19. The van der Waals surface area contributed by atoms with Gasteiger partial charge in [-0.3, -0.25) is 0 Å². The van der Waals surface area contributed by atoms with Crippen molar-refractivity contribution in [3.63, 3.8) is 0 Å². The molecule has 1 heterocycles. The van der Waals surface area contributed by atoms with Crippen molar-refractivity contribution >= 4 is 11.8 Å². The molecule has 19 heavy (non-hydrogen) atoms. The van der Waals surface area contributed by atoms with E-state index >= 15 is 0 Å². The molecule has 0 saturated heterocycles. The van der Waals surface area contributed by atoms with Crippen molar-refractivity contribution in [2.24, 2.45) is 5.92 Å². The molecule has 0 aromatic carbocycles. The van der Waals surface area contributed by atoms with Gasteiger partial charge in [-0.2, -0.15) is 0 Å². The van der Waals surface area contributed by atoms with E-state index in [1.807, 2.05) is 11.5 Å². The summed E-state index contributed by atoms with van der Waals surface area (Å²) in [5.41, 5.74) is 6.30. The Labute approximate surface area is 115 Å². The Bertz CT molecular complexity index is 438. The molecule has 1 unspecified atom stereocenters. The molecule has 1 aromatic rings. The summed E-state index contributed by atoms with van der Waals surface area (Å²) in [7, 11) is 1.34. The number of carbonyl (C=O) groups excluding carboxylic acids is 1. The molecule has 2 N–H and O–H groups in total. The van der Waals surface area contributed by atoms with Crippen LogP contribution in [0.2, 0.25) is 0 Å². The Morgan fingerprint density at radius 3 is 2.47 bits per heavy atom. The molecule has 0 aliphatic heterocycles. The zero-order valence-electron chi connectivity index (χ0n) is 12.6. The van der Waals surface area contributed by atoms with E-state index in [0.29, 0.717) is 11.7 Å². The van der Waals surface area contributed by atoms with Crippen LogP contribution in [-0.2, 0) is 11.2 Å². The van der Waals surface area contributed by atoms with Crippen molar-refractivity contribution in [3.8, 4) is 0 Å². The maximum Gasteiger partial charge on any atom is 0.360 e. The van der Waals surface area contributed by atoms with Gasteiger partial charge in [-0.05, 0) is 25.7 Å². The number of aromatic nitrogens is 2. The zero-order valence-corrected chi connectivity index (χ0v) is 12.6. The van der Waals surface area contributed by atoms with Crippen LogP contribution < -0.4 is 5.73 Å². The molecule has 0 amide bonds. The molecule has 0 saturated carbocycles. The fraction of sp³-hybridized carbons (Fsp3) is 0.714. The second-order valence-corrected chi connectivity index (χ2v) is 5.30. The summed E-state index contributed by atoms with van der Waals surface area (Å²) in [6.07, 6.45) is 2.88. The van der Waals surface area contributed by atoms with Crippen LogP contribution in [0.3, 0.4) is 0 Å². The quantitative estimate of drug-likeness (QED) is 0.805. The van der Waals surface area contributed by atoms with Crippen LogP contribution in [0.1, 0.15) is 62.9 Å². The smallest absolute Gasteiger partial charge is 0.360 e. The van der Waals surface area contributed by atoms with Crippen LogP contribution in [0.4, 0.5) is 5.82 Å². The second kappa shape index (κ2) is 6.59. The standard InChI is InChI=1S/C14H25N3O2/c1-6-11-16-12(14(18)19-5)13(15)17(11)10(4)8-7-9(2)3/h9-10H,6-8,15H2,1-5H3. The van der Waals surface area contributed by atoms with Crippen LogP contribution in [0.25, 0.3) is 0 Å². The average molecular weight is 267 g/mol. The van der Waals surface area contributed by atoms with Crippen molar-refractivity contribution < 1.29 is 9.53 Å². The van der Waals surface area contributed by atoms with Gasteiger partial charge in [0.05, 0.1) is 7.11 Å². The van der Waals surface area contributed by atoms with E-state index in [4.69, 9.17) is 10.5 Å². The minimum absolute atomic E-state index is 0.232. The molecule has 0 aliphatic rings. The number of hydrogen-bond donors (Lipinski definition) is 1. The van der Waals surface area contributed by atoms with Gasteiger partial charge < -0.3 is 15.0 Å². The number of imidazole rings is 1. The Hall–Kier alpha value is -1.52. The highest BCUT2D eigenvalue weighted by atomic mass is 16.5. The Kier molecular flexibility index (Phi) is 5.39. The molecular formula is C14H25N3O2. The zero-order chi connectivity index (χ0) is 14.6. The highest BCUT2D eigenvalue weighted by Gasteiger charge is 2.22. The number of hydrogen-bond acceptors (Lipinski definition) is 4. The SMILES string of the molecule is CCc1nc(C(=O)OC)c(N)n1C(C)CCC(C)C. The summed E-state index contributed by atoms with van der Waals surface area (Å²) >= 11 is 0. The highest BCUT2D eigenvalue weighted by Crippen LogP contribution is 2.25. The third kappa shape index (κ3) is 3.49. The monoisotopic (exact) mass is 267 g/mol. The van der Waals surface area contributed by atoms with Crippen LogP contribution in [0.5, 0.6) is 0 Å². The molecule has 0 fully saturated rings. The largest absolute Gasteiger partial charge is 0.464 e. The number of ether oxygens (including phenoxy) is 1.